The summed E-state index contributed by atoms with van der Waals surface area (Å²) < 4.78 is 5.73. The van der Waals surface area contributed by atoms with E-state index in [9.17, 15) is 9.59 Å². The third-order valence-corrected chi connectivity index (χ3v) is 8.85. The maximum atomic E-state index is 12.4. The lowest BCUT2D eigenvalue weighted by Gasteiger charge is -2.17. The van der Waals surface area contributed by atoms with Crippen molar-refractivity contribution in [2.45, 2.75) is 219 Å². The number of carbonyl (C=O) groups is 2. The highest BCUT2D eigenvalue weighted by Crippen LogP contribution is 2.17. The fraction of sp³-hybridized carbons (Fsp3) is 0.810. The maximum absolute atomic E-state index is 12.4. The molecule has 0 rings (SSSR count). The fourth-order valence-electron chi connectivity index (χ4n) is 5.85. The van der Waals surface area contributed by atoms with Gasteiger partial charge in [0.2, 0.25) is 0 Å². The smallest absolute Gasteiger partial charge is 0.306 e. The van der Waals surface area contributed by atoms with Crippen LogP contribution in [-0.4, -0.2) is 23.1 Å². The normalized spacial score (nSPS) is 12.6. The maximum Gasteiger partial charge on any atom is 0.306 e. The molecule has 268 valence electrons. The van der Waals surface area contributed by atoms with E-state index in [4.69, 9.17) is 9.84 Å². The van der Waals surface area contributed by atoms with Gasteiger partial charge in [-0.3, -0.25) is 9.59 Å². The number of carbonyl (C=O) groups excluding carboxylic acids is 1. The molecule has 0 saturated carbocycles. The molecule has 0 saturated heterocycles. The van der Waals surface area contributed by atoms with Gasteiger partial charge in [-0.15, -0.1) is 0 Å². The van der Waals surface area contributed by atoms with Gasteiger partial charge in [0.15, 0.2) is 0 Å². The van der Waals surface area contributed by atoms with Crippen LogP contribution >= 0.6 is 0 Å². The Hall–Kier alpha value is -1.84. The van der Waals surface area contributed by atoms with Gasteiger partial charge in [0, 0.05) is 12.8 Å². The molecule has 0 radical (unpaired) electrons. The molecule has 4 nitrogen and oxygen atoms in total. The lowest BCUT2D eigenvalue weighted by molar-refractivity contribution is -0.151. The van der Waals surface area contributed by atoms with Crippen LogP contribution in [0, 0.1) is 0 Å². The first kappa shape index (κ1) is 44.2. The molecule has 0 aliphatic rings. The Labute approximate surface area is 286 Å². The first-order chi connectivity index (χ1) is 22.6. The van der Waals surface area contributed by atoms with Gasteiger partial charge in [0.1, 0.15) is 6.10 Å². The van der Waals surface area contributed by atoms with Crippen LogP contribution in [0.3, 0.4) is 0 Å². The lowest BCUT2D eigenvalue weighted by atomic mass is 10.0. The summed E-state index contributed by atoms with van der Waals surface area (Å²) in [6.45, 7) is 4.51. The van der Waals surface area contributed by atoms with E-state index in [1.165, 1.54) is 128 Å². The number of carboxylic acids is 1. The van der Waals surface area contributed by atoms with Crippen LogP contribution in [-0.2, 0) is 14.3 Å². The second-order valence-electron chi connectivity index (χ2n) is 13.5. The number of hydrogen-bond donors (Lipinski definition) is 1. The highest BCUT2D eigenvalue weighted by Gasteiger charge is 2.16. The van der Waals surface area contributed by atoms with Crippen LogP contribution in [0.2, 0.25) is 0 Å². The summed E-state index contributed by atoms with van der Waals surface area (Å²) in [5.74, 6) is -0.965. The third kappa shape index (κ3) is 36.6. The van der Waals surface area contributed by atoms with Crippen LogP contribution in [0.4, 0.5) is 0 Å². The zero-order chi connectivity index (χ0) is 33.6. The average molecular weight is 645 g/mol. The number of esters is 1. The summed E-state index contributed by atoms with van der Waals surface area (Å²) in [5, 5.41) is 9.11. The predicted octanol–water partition coefficient (Wildman–Crippen LogP) is 13.8. The zero-order valence-electron chi connectivity index (χ0n) is 30.6. The molecule has 0 heterocycles. The van der Waals surface area contributed by atoms with Crippen molar-refractivity contribution in [3.05, 3.63) is 36.5 Å². The van der Waals surface area contributed by atoms with Gasteiger partial charge in [-0.2, -0.15) is 0 Å². The van der Waals surface area contributed by atoms with Gasteiger partial charge in [-0.1, -0.05) is 153 Å². The van der Waals surface area contributed by atoms with Gasteiger partial charge < -0.3 is 9.84 Å². The van der Waals surface area contributed by atoms with Crippen molar-refractivity contribution < 1.29 is 19.4 Å². The van der Waals surface area contributed by atoms with Gasteiger partial charge in [-0.05, 0) is 83.5 Å². The molecule has 0 amide bonds. The van der Waals surface area contributed by atoms with E-state index in [0.29, 0.717) is 12.8 Å². The van der Waals surface area contributed by atoms with E-state index >= 15 is 0 Å². The van der Waals surface area contributed by atoms with Gasteiger partial charge in [0.05, 0.1) is 0 Å². The van der Waals surface area contributed by atoms with Crippen LogP contribution < -0.4 is 0 Å². The first-order valence-corrected chi connectivity index (χ1v) is 20.0. The Morgan fingerprint density at radius 3 is 1.39 bits per heavy atom. The Kier molecular flexibility index (Phi) is 36.1. The summed E-state index contributed by atoms with van der Waals surface area (Å²) in [4.78, 5) is 23.5. The van der Waals surface area contributed by atoms with Crippen molar-refractivity contribution in [3.63, 3.8) is 0 Å². The van der Waals surface area contributed by atoms with Crippen LogP contribution in [0.25, 0.3) is 0 Å². The second-order valence-corrected chi connectivity index (χ2v) is 13.5. The van der Waals surface area contributed by atoms with Crippen LogP contribution in [0.5, 0.6) is 0 Å². The largest absolute Gasteiger partial charge is 0.481 e. The van der Waals surface area contributed by atoms with Gasteiger partial charge >= 0.3 is 11.9 Å². The standard InChI is InChI=1S/C42H76O4/c1-3-5-7-9-11-13-15-17-18-19-20-21-22-23-24-25-27-29-31-33-35-37-42(45)46-40(38-39-41(43)44)36-34-32-30-28-26-16-14-12-10-8-6-4-2/h11,13,17-18,23-24,40H,3-10,12,14-16,19-22,25-39H2,1-2H3,(H,43,44)/b13-11-,18-17-,24-23-. The molecule has 0 spiro atoms. The van der Waals surface area contributed by atoms with Crippen molar-refractivity contribution in [1.29, 1.82) is 0 Å². The van der Waals surface area contributed by atoms with Crippen molar-refractivity contribution in [1.82, 2.24) is 0 Å². The summed E-state index contributed by atoms with van der Waals surface area (Å²) in [6.07, 6.45) is 48.8. The number of allylic oxidation sites excluding steroid dienone is 6. The Bertz CT molecular complexity index is 738. The summed E-state index contributed by atoms with van der Waals surface area (Å²) in [6, 6.07) is 0. The molecular weight excluding hydrogens is 568 g/mol. The van der Waals surface area contributed by atoms with E-state index in [-0.39, 0.29) is 18.5 Å². The molecule has 4 heteroatoms. The minimum Gasteiger partial charge on any atom is -0.481 e. The summed E-state index contributed by atoms with van der Waals surface area (Å²) in [7, 11) is 0. The molecular formula is C42H76O4. The Morgan fingerprint density at radius 2 is 0.870 bits per heavy atom. The number of rotatable bonds is 36. The van der Waals surface area contributed by atoms with Gasteiger partial charge in [0.25, 0.3) is 0 Å². The molecule has 1 atom stereocenters. The molecule has 0 aromatic carbocycles. The van der Waals surface area contributed by atoms with Crippen LogP contribution in [0.1, 0.15) is 213 Å². The highest BCUT2D eigenvalue weighted by atomic mass is 16.5. The molecule has 0 bridgehead atoms. The van der Waals surface area contributed by atoms with Crippen LogP contribution in [0.15, 0.2) is 36.5 Å². The van der Waals surface area contributed by atoms with Gasteiger partial charge in [-0.25, -0.2) is 0 Å². The minimum absolute atomic E-state index is 0.0688. The molecule has 0 aromatic rings. The molecule has 0 aromatic heterocycles. The third-order valence-electron chi connectivity index (χ3n) is 8.85. The fourth-order valence-corrected chi connectivity index (χ4v) is 5.85. The predicted molar refractivity (Wildman–Crippen MR) is 199 cm³/mol. The Morgan fingerprint density at radius 1 is 0.478 bits per heavy atom. The topological polar surface area (TPSA) is 63.6 Å². The zero-order valence-corrected chi connectivity index (χ0v) is 30.6. The van der Waals surface area contributed by atoms with E-state index < -0.39 is 5.97 Å². The lowest BCUT2D eigenvalue weighted by Crippen LogP contribution is -2.19. The number of carboxylic acid groups (broad SMARTS) is 1. The van der Waals surface area contributed by atoms with E-state index in [0.717, 1.165) is 51.4 Å². The number of aliphatic carboxylic acids is 1. The van der Waals surface area contributed by atoms with Crippen molar-refractivity contribution >= 4 is 11.9 Å². The monoisotopic (exact) mass is 645 g/mol. The van der Waals surface area contributed by atoms with E-state index in [2.05, 4.69) is 50.3 Å². The molecule has 0 fully saturated rings. The van der Waals surface area contributed by atoms with Crippen molar-refractivity contribution in [2.75, 3.05) is 0 Å². The van der Waals surface area contributed by atoms with E-state index in [1.54, 1.807) is 0 Å². The summed E-state index contributed by atoms with van der Waals surface area (Å²) >= 11 is 0. The van der Waals surface area contributed by atoms with Crippen molar-refractivity contribution in [3.8, 4) is 0 Å². The molecule has 1 N–H and O–H groups in total. The van der Waals surface area contributed by atoms with Crippen molar-refractivity contribution in [2.24, 2.45) is 0 Å². The quantitative estimate of drug-likeness (QED) is 0.0419. The number of hydrogen-bond acceptors (Lipinski definition) is 3. The SMILES string of the molecule is CCCCC/C=C\C/C=C\CCCC/C=C\CCCCCCCC(=O)OC(CCCCCCCCCCCCCC)CCC(=O)O. The highest BCUT2D eigenvalue weighted by molar-refractivity contribution is 5.69. The first-order valence-electron chi connectivity index (χ1n) is 20.0. The number of ether oxygens (including phenoxy) is 1. The number of unbranched alkanes of at least 4 members (excludes halogenated alkanes) is 22. The summed E-state index contributed by atoms with van der Waals surface area (Å²) in [5.41, 5.74) is 0. The Balaban J connectivity index is 3.73. The molecule has 0 aliphatic heterocycles. The van der Waals surface area contributed by atoms with E-state index in [1.807, 2.05) is 0 Å². The average Bonchev–Trinajstić information content (AvgIpc) is 3.04. The second kappa shape index (κ2) is 37.6. The molecule has 1 unspecified atom stereocenters. The minimum atomic E-state index is -0.814. The molecule has 0 aliphatic carbocycles. The molecule has 46 heavy (non-hydrogen) atoms.